The first-order valence-electron chi connectivity index (χ1n) is 3.26. The minimum Gasteiger partial charge on any atom is -0.397 e. The number of rotatable bonds is 0. The van der Waals surface area contributed by atoms with Crippen LogP contribution in [0.1, 0.15) is 0 Å². The maximum atomic E-state index is 12.9. The molecule has 3 nitrogen and oxygen atoms in total. The van der Waals surface area contributed by atoms with Gasteiger partial charge in [-0.25, -0.2) is 4.39 Å². The highest BCUT2D eigenvalue weighted by atomic mass is 35.5. The van der Waals surface area contributed by atoms with Crippen LogP contribution in [-0.2, 0) is 0 Å². The second-order valence-corrected chi connectivity index (χ2v) is 2.80. The first-order valence-corrected chi connectivity index (χ1v) is 3.64. The van der Waals surface area contributed by atoms with Crippen LogP contribution in [0.5, 0.6) is 0 Å². The van der Waals surface area contributed by atoms with Crippen LogP contribution >= 0.6 is 11.6 Å². The highest BCUT2D eigenvalue weighted by Crippen LogP contribution is 2.29. The third-order valence-corrected chi connectivity index (χ3v) is 2.06. The summed E-state index contributed by atoms with van der Waals surface area (Å²) in [5.74, 6) is -0.536. The van der Waals surface area contributed by atoms with Crippen LogP contribution < -0.4 is 5.73 Å². The third-order valence-electron chi connectivity index (χ3n) is 1.68. The van der Waals surface area contributed by atoms with Gasteiger partial charge in [0.05, 0.1) is 17.4 Å². The Morgan fingerprint density at radius 1 is 1.58 bits per heavy atom. The maximum absolute atomic E-state index is 12.9. The van der Waals surface area contributed by atoms with Gasteiger partial charge in [0.25, 0.3) is 0 Å². The van der Waals surface area contributed by atoms with Crippen LogP contribution in [0.2, 0.25) is 5.02 Å². The van der Waals surface area contributed by atoms with Crippen molar-refractivity contribution in [2.24, 2.45) is 0 Å². The quantitative estimate of drug-likeness (QED) is 0.617. The number of hydrogen-bond donors (Lipinski definition) is 2. The fourth-order valence-corrected chi connectivity index (χ4v) is 1.21. The highest BCUT2D eigenvalue weighted by Gasteiger charge is 2.09. The summed E-state index contributed by atoms with van der Waals surface area (Å²) in [6.07, 6.45) is 1.51. The second-order valence-electron chi connectivity index (χ2n) is 2.42. The Bertz CT molecular complexity index is 437. The molecule has 0 amide bonds. The van der Waals surface area contributed by atoms with E-state index in [4.69, 9.17) is 17.3 Å². The molecule has 0 aliphatic heterocycles. The van der Waals surface area contributed by atoms with Gasteiger partial charge in [-0.1, -0.05) is 11.6 Å². The van der Waals surface area contributed by atoms with Crippen LogP contribution in [0.3, 0.4) is 0 Å². The lowest BCUT2D eigenvalue weighted by molar-refractivity contribution is 0.630. The summed E-state index contributed by atoms with van der Waals surface area (Å²) in [5, 5.41) is 6.90. The van der Waals surface area contributed by atoms with Crippen molar-refractivity contribution in [1.29, 1.82) is 0 Å². The van der Waals surface area contributed by atoms with Gasteiger partial charge in [-0.15, -0.1) is 0 Å². The predicted octanol–water partition coefficient (Wildman–Crippen LogP) is 1.94. The van der Waals surface area contributed by atoms with Crippen molar-refractivity contribution in [3.05, 3.63) is 23.1 Å². The van der Waals surface area contributed by atoms with Gasteiger partial charge in [0.15, 0.2) is 0 Å². The molecule has 0 atom stereocenters. The molecule has 0 aliphatic carbocycles. The number of anilines is 1. The Balaban J connectivity index is 2.94. The van der Waals surface area contributed by atoms with Crippen molar-refractivity contribution in [3.8, 4) is 0 Å². The summed E-state index contributed by atoms with van der Waals surface area (Å²) >= 11 is 5.57. The number of aromatic amines is 1. The number of nitrogens with one attached hydrogen (secondary N) is 1. The van der Waals surface area contributed by atoms with Gasteiger partial charge < -0.3 is 5.73 Å². The average molecular weight is 186 g/mol. The minimum atomic E-state index is -0.536. The van der Waals surface area contributed by atoms with E-state index in [0.717, 1.165) is 0 Å². The van der Waals surface area contributed by atoms with E-state index in [1.165, 1.54) is 12.3 Å². The molecule has 0 unspecified atom stereocenters. The first kappa shape index (κ1) is 7.36. The summed E-state index contributed by atoms with van der Waals surface area (Å²) in [5.41, 5.74) is 6.30. The van der Waals surface area contributed by atoms with Crippen molar-refractivity contribution in [2.75, 3.05) is 5.73 Å². The Morgan fingerprint density at radius 3 is 3.08 bits per heavy atom. The molecule has 62 valence electrons. The molecule has 3 N–H and O–H groups in total. The van der Waals surface area contributed by atoms with Crippen molar-refractivity contribution in [1.82, 2.24) is 10.2 Å². The van der Waals surface area contributed by atoms with Crippen molar-refractivity contribution in [3.63, 3.8) is 0 Å². The van der Waals surface area contributed by atoms with E-state index in [2.05, 4.69) is 10.2 Å². The SMILES string of the molecule is Nc1c(Cl)c(F)cc2[nH]ncc12. The van der Waals surface area contributed by atoms with Crippen molar-refractivity contribution >= 4 is 28.2 Å². The molecule has 0 saturated carbocycles. The van der Waals surface area contributed by atoms with E-state index in [1.807, 2.05) is 0 Å². The molecule has 1 heterocycles. The summed E-state index contributed by atoms with van der Waals surface area (Å²) in [6, 6.07) is 1.26. The number of fused-ring (bicyclic) bond motifs is 1. The van der Waals surface area contributed by atoms with Crippen LogP contribution in [0.4, 0.5) is 10.1 Å². The zero-order valence-electron chi connectivity index (χ0n) is 5.94. The fourth-order valence-electron chi connectivity index (χ4n) is 1.06. The lowest BCUT2D eigenvalue weighted by Gasteiger charge is -1.99. The molecule has 0 bridgehead atoms. The molecule has 0 saturated heterocycles. The second kappa shape index (κ2) is 2.35. The molecule has 0 spiro atoms. The van der Waals surface area contributed by atoms with Crippen LogP contribution in [0.25, 0.3) is 10.9 Å². The number of hydrogen-bond acceptors (Lipinski definition) is 2. The molecule has 0 fully saturated rings. The number of aromatic nitrogens is 2. The minimum absolute atomic E-state index is 0.0519. The van der Waals surface area contributed by atoms with E-state index in [-0.39, 0.29) is 10.7 Å². The fraction of sp³-hybridized carbons (Fsp3) is 0. The molecule has 0 aliphatic rings. The Kier molecular flexibility index (Phi) is 1.44. The molecule has 1 aromatic carbocycles. The van der Waals surface area contributed by atoms with Gasteiger partial charge in [0.1, 0.15) is 10.8 Å². The highest BCUT2D eigenvalue weighted by molar-refractivity contribution is 6.34. The van der Waals surface area contributed by atoms with Gasteiger partial charge in [-0.05, 0) is 0 Å². The third kappa shape index (κ3) is 0.848. The van der Waals surface area contributed by atoms with E-state index in [9.17, 15) is 4.39 Å². The molecular formula is C7H5ClFN3. The zero-order chi connectivity index (χ0) is 8.72. The normalized spacial score (nSPS) is 10.8. The van der Waals surface area contributed by atoms with Gasteiger partial charge >= 0.3 is 0 Å². The Hall–Kier alpha value is -1.29. The largest absolute Gasteiger partial charge is 0.397 e. The zero-order valence-corrected chi connectivity index (χ0v) is 6.69. The molecule has 5 heteroatoms. The van der Waals surface area contributed by atoms with E-state index in [0.29, 0.717) is 10.9 Å². The molecule has 12 heavy (non-hydrogen) atoms. The van der Waals surface area contributed by atoms with Crippen LogP contribution in [-0.4, -0.2) is 10.2 Å². The number of halogens is 2. The Labute approximate surface area is 72.3 Å². The topological polar surface area (TPSA) is 54.7 Å². The van der Waals surface area contributed by atoms with Gasteiger partial charge in [0, 0.05) is 11.5 Å². The van der Waals surface area contributed by atoms with Crippen LogP contribution in [0.15, 0.2) is 12.3 Å². The molecule has 2 rings (SSSR count). The number of H-pyrrole nitrogens is 1. The number of nitrogen functional groups attached to an aromatic ring is 1. The smallest absolute Gasteiger partial charge is 0.146 e. The average Bonchev–Trinajstić information content (AvgIpc) is 2.48. The number of benzene rings is 1. The summed E-state index contributed by atoms with van der Waals surface area (Å²) in [4.78, 5) is 0. The molecule has 0 radical (unpaired) electrons. The standard InChI is InChI=1S/C7H5ClFN3/c8-6-4(9)1-5-3(7(6)10)2-11-12-5/h1-2H,10H2,(H,11,12). The summed E-state index contributed by atoms with van der Waals surface area (Å²) in [7, 11) is 0. The lowest BCUT2D eigenvalue weighted by Crippen LogP contribution is -1.90. The Morgan fingerprint density at radius 2 is 2.33 bits per heavy atom. The number of nitrogens with two attached hydrogens (primary N) is 1. The maximum Gasteiger partial charge on any atom is 0.146 e. The van der Waals surface area contributed by atoms with Crippen LogP contribution in [0, 0.1) is 5.82 Å². The van der Waals surface area contributed by atoms with Gasteiger partial charge in [-0.3, -0.25) is 5.10 Å². The summed E-state index contributed by atoms with van der Waals surface area (Å²) < 4.78 is 12.9. The van der Waals surface area contributed by atoms with Gasteiger partial charge in [-0.2, -0.15) is 5.10 Å². The first-order chi connectivity index (χ1) is 5.70. The monoisotopic (exact) mass is 185 g/mol. The molecule has 1 aromatic heterocycles. The van der Waals surface area contributed by atoms with Gasteiger partial charge in [0.2, 0.25) is 0 Å². The molecular weight excluding hydrogens is 181 g/mol. The lowest BCUT2D eigenvalue weighted by atomic mass is 10.2. The van der Waals surface area contributed by atoms with Crippen molar-refractivity contribution in [2.45, 2.75) is 0 Å². The predicted molar refractivity (Wildman–Crippen MR) is 45.5 cm³/mol. The molecule has 2 aromatic rings. The summed E-state index contributed by atoms with van der Waals surface area (Å²) in [6.45, 7) is 0. The van der Waals surface area contributed by atoms with Crippen molar-refractivity contribution < 1.29 is 4.39 Å². The van der Waals surface area contributed by atoms with E-state index < -0.39 is 5.82 Å². The number of nitrogens with zero attached hydrogens (tertiary/aromatic N) is 1. The van der Waals surface area contributed by atoms with E-state index >= 15 is 0 Å². The van der Waals surface area contributed by atoms with E-state index in [1.54, 1.807) is 0 Å².